The first kappa shape index (κ1) is 21.4. The van der Waals surface area contributed by atoms with Crippen LogP contribution in [0.5, 0.6) is 0 Å². The molecule has 0 radical (unpaired) electrons. The number of fused-ring (bicyclic) bond motifs is 2. The molecule has 33 heavy (non-hydrogen) atoms. The van der Waals surface area contributed by atoms with E-state index in [1.165, 1.54) is 11.8 Å². The zero-order valence-electron chi connectivity index (χ0n) is 18.0. The zero-order chi connectivity index (χ0) is 23.3. The van der Waals surface area contributed by atoms with Crippen molar-refractivity contribution in [1.29, 1.82) is 0 Å². The molecule has 8 nitrogen and oxygen atoms in total. The average Bonchev–Trinajstić information content (AvgIpc) is 3.43. The van der Waals surface area contributed by atoms with Crippen LogP contribution in [0.4, 0.5) is 24.8 Å². The molecule has 172 valence electrons. The van der Waals surface area contributed by atoms with Crippen molar-refractivity contribution in [3.05, 3.63) is 36.3 Å². The number of nitrogens with zero attached hydrogens (tertiary/aromatic N) is 6. The first-order valence-electron chi connectivity index (χ1n) is 10.7. The molecule has 1 amide bonds. The molecule has 5 rings (SSSR count). The number of nitrogens with one attached hydrogen (secondary N) is 1. The van der Waals surface area contributed by atoms with Crippen LogP contribution < -0.4 is 5.32 Å². The predicted octanol–water partition coefficient (Wildman–Crippen LogP) is 3.62. The molecular formula is C22H22F3N7O. The number of carbonyl (C=O) groups is 1. The van der Waals surface area contributed by atoms with Crippen molar-refractivity contribution < 1.29 is 18.0 Å². The highest BCUT2D eigenvalue weighted by Gasteiger charge is 2.34. The van der Waals surface area contributed by atoms with Gasteiger partial charge < -0.3 is 10.2 Å². The maximum Gasteiger partial charge on any atom is 0.241 e. The summed E-state index contributed by atoms with van der Waals surface area (Å²) in [7, 11) is 0. The molecule has 1 N–H and O–H groups in total. The second-order valence-electron chi connectivity index (χ2n) is 8.37. The van der Waals surface area contributed by atoms with E-state index in [4.69, 9.17) is 0 Å². The summed E-state index contributed by atoms with van der Waals surface area (Å²) >= 11 is 0. The van der Waals surface area contributed by atoms with Gasteiger partial charge in [-0.15, -0.1) is 5.10 Å². The summed E-state index contributed by atoms with van der Waals surface area (Å²) < 4.78 is 42.0. The Hall–Kier alpha value is -3.50. The number of aliphatic imine (C=N–C) groups is 1. The standard InChI is InChI=1S/C22H22F3N7O/c1-11-14(7-20(24)25)21-17(27-11)4-3-16(28-21)13-5-6-32-19(13)8-26-22(30-32)29-18-10-31(12(2)33)9-15(18)23/h3-6,8,14-15,18,20H,7,9-10H2,1-2H3,(H,29,30)/t14?,15-,18+/m1/s1. The summed E-state index contributed by atoms with van der Waals surface area (Å²) in [6.45, 7) is 3.44. The Morgan fingerprint density at radius 1 is 1.27 bits per heavy atom. The van der Waals surface area contributed by atoms with Crippen molar-refractivity contribution in [3.8, 4) is 11.3 Å². The Morgan fingerprint density at radius 2 is 2.09 bits per heavy atom. The van der Waals surface area contributed by atoms with E-state index in [1.807, 2.05) is 6.07 Å². The molecule has 0 saturated carbocycles. The quantitative estimate of drug-likeness (QED) is 0.632. The molecule has 0 spiro atoms. The third-order valence-electron chi connectivity index (χ3n) is 6.15. The van der Waals surface area contributed by atoms with Crippen LogP contribution >= 0.6 is 0 Å². The molecule has 0 aliphatic carbocycles. The van der Waals surface area contributed by atoms with Crippen LogP contribution in [0.15, 0.2) is 35.6 Å². The van der Waals surface area contributed by atoms with Crippen molar-refractivity contribution in [2.45, 2.75) is 44.8 Å². The monoisotopic (exact) mass is 457 g/mol. The second kappa shape index (κ2) is 8.13. The minimum Gasteiger partial charge on any atom is -0.345 e. The van der Waals surface area contributed by atoms with Crippen LogP contribution in [0.25, 0.3) is 16.8 Å². The Kier molecular flexibility index (Phi) is 5.26. The largest absolute Gasteiger partial charge is 0.345 e. The first-order chi connectivity index (χ1) is 15.8. The van der Waals surface area contributed by atoms with E-state index in [9.17, 15) is 18.0 Å². The fraction of sp³-hybridized carbons (Fsp3) is 0.409. The predicted molar refractivity (Wildman–Crippen MR) is 117 cm³/mol. The maximum atomic E-state index is 14.3. The SMILES string of the molecule is CC(=O)N1C[C@@H](F)[C@@H](Nc2ncc3c(-c4ccc5c(n4)C(CC(F)F)C(C)=N5)ccn3n2)C1. The number of alkyl halides is 3. The molecule has 0 bridgehead atoms. The van der Waals surface area contributed by atoms with E-state index in [-0.39, 0.29) is 31.4 Å². The number of amides is 1. The molecule has 3 aromatic rings. The fourth-order valence-electron chi connectivity index (χ4n) is 4.40. The number of hydrogen-bond donors (Lipinski definition) is 1. The molecule has 2 aliphatic heterocycles. The van der Waals surface area contributed by atoms with Gasteiger partial charge in [0.2, 0.25) is 18.3 Å². The number of anilines is 1. The van der Waals surface area contributed by atoms with E-state index in [0.29, 0.717) is 28.3 Å². The molecule has 3 aromatic heterocycles. The summed E-state index contributed by atoms with van der Waals surface area (Å²) in [4.78, 5) is 26.3. The molecule has 5 heterocycles. The summed E-state index contributed by atoms with van der Waals surface area (Å²) in [5, 5.41) is 7.37. The van der Waals surface area contributed by atoms with Gasteiger partial charge in [0.15, 0.2) is 0 Å². The lowest BCUT2D eigenvalue weighted by Gasteiger charge is -2.15. The molecule has 1 fully saturated rings. The van der Waals surface area contributed by atoms with Crippen molar-refractivity contribution in [3.63, 3.8) is 0 Å². The summed E-state index contributed by atoms with van der Waals surface area (Å²) in [5.41, 5.74) is 3.83. The summed E-state index contributed by atoms with van der Waals surface area (Å²) in [6.07, 6.45) is -0.643. The molecule has 1 unspecified atom stereocenters. The number of aromatic nitrogens is 4. The third kappa shape index (κ3) is 3.91. The minimum absolute atomic E-state index is 0.0443. The number of hydrogen-bond acceptors (Lipinski definition) is 6. The van der Waals surface area contributed by atoms with Gasteiger partial charge in [-0.25, -0.2) is 27.7 Å². The normalized spacial score (nSPS) is 22.2. The van der Waals surface area contributed by atoms with E-state index in [2.05, 4.69) is 25.4 Å². The Balaban J connectivity index is 1.40. The Bertz CT molecular complexity index is 1260. The second-order valence-corrected chi connectivity index (χ2v) is 8.37. The van der Waals surface area contributed by atoms with Crippen molar-refractivity contribution in [2.75, 3.05) is 18.4 Å². The maximum absolute atomic E-state index is 14.3. The van der Waals surface area contributed by atoms with Crippen LogP contribution in [0.1, 0.15) is 31.9 Å². The van der Waals surface area contributed by atoms with Gasteiger partial charge in [-0.1, -0.05) is 0 Å². The summed E-state index contributed by atoms with van der Waals surface area (Å²) in [6, 6.07) is 4.81. The van der Waals surface area contributed by atoms with Crippen molar-refractivity contribution >= 4 is 28.8 Å². The van der Waals surface area contributed by atoms with Crippen LogP contribution in [0, 0.1) is 0 Å². The van der Waals surface area contributed by atoms with Crippen LogP contribution in [0.3, 0.4) is 0 Å². The highest BCUT2D eigenvalue weighted by Crippen LogP contribution is 2.39. The highest BCUT2D eigenvalue weighted by molar-refractivity contribution is 5.96. The molecule has 1 saturated heterocycles. The van der Waals surface area contributed by atoms with Crippen molar-refractivity contribution in [1.82, 2.24) is 24.5 Å². The number of carbonyl (C=O) groups excluding carboxylic acids is 1. The van der Waals surface area contributed by atoms with Gasteiger partial charge in [0.1, 0.15) is 6.17 Å². The lowest BCUT2D eigenvalue weighted by Crippen LogP contribution is -2.31. The average molecular weight is 457 g/mol. The van der Waals surface area contributed by atoms with Crippen molar-refractivity contribution in [2.24, 2.45) is 4.99 Å². The van der Waals surface area contributed by atoms with Gasteiger partial charge >= 0.3 is 0 Å². The van der Waals surface area contributed by atoms with Crippen LogP contribution in [0.2, 0.25) is 0 Å². The minimum atomic E-state index is -2.45. The smallest absolute Gasteiger partial charge is 0.241 e. The molecule has 0 aromatic carbocycles. The lowest BCUT2D eigenvalue weighted by atomic mass is 9.97. The number of rotatable bonds is 5. The van der Waals surface area contributed by atoms with Gasteiger partial charge in [0, 0.05) is 43.3 Å². The van der Waals surface area contributed by atoms with E-state index >= 15 is 0 Å². The van der Waals surface area contributed by atoms with E-state index in [1.54, 1.807) is 36.0 Å². The Labute approximate surface area is 187 Å². The molecule has 3 atom stereocenters. The van der Waals surface area contributed by atoms with Gasteiger partial charge in [0.25, 0.3) is 0 Å². The first-order valence-corrected chi connectivity index (χ1v) is 10.7. The van der Waals surface area contributed by atoms with Crippen LogP contribution in [-0.4, -0.2) is 67.8 Å². The number of pyridine rings is 1. The molecular weight excluding hydrogens is 435 g/mol. The van der Waals surface area contributed by atoms with Gasteiger partial charge in [-0.05, 0) is 25.1 Å². The lowest BCUT2D eigenvalue weighted by molar-refractivity contribution is -0.128. The van der Waals surface area contributed by atoms with E-state index < -0.39 is 24.6 Å². The number of likely N-dealkylation sites (tertiary alicyclic amines) is 1. The fourth-order valence-corrected chi connectivity index (χ4v) is 4.40. The number of halogens is 3. The highest BCUT2D eigenvalue weighted by atomic mass is 19.3. The molecule has 2 aliphatic rings. The van der Waals surface area contributed by atoms with Crippen LogP contribution in [-0.2, 0) is 4.79 Å². The third-order valence-corrected chi connectivity index (χ3v) is 6.15. The van der Waals surface area contributed by atoms with Gasteiger partial charge in [-0.3, -0.25) is 9.79 Å². The topological polar surface area (TPSA) is 87.8 Å². The Morgan fingerprint density at radius 3 is 2.82 bits per heavy atom. The molecule has 11 heteroatoms. The van der Waals surface area contributed by atoms with Gasteiger partial charge in [-0.2, -0.15) is 0 Å². The van der Waals surface area contributed by atoms with E-state index in [0.717, 1.165) is 5.56 Å². The van der Waals surface area contributed by atoms with Gasteiger partial charge in [0.05, 0.1) is 41.4 Å². The summed E-state index contributed by atoms with van der Waals surface area (Å²) in [5.74, 6) is -0.437. The zero-order valence-corrected chi connectivity index (χ0v) is 18.0.